The Bertz CT molecular complexity index is 720. The normalized spacial score (nSPS) is 11.8. The molecule has 2 N–H and O–H groups in total. The van der Waals surface area contributed by atoms with Crippen molar-refractivity contribution in [3.05, 3.63) is 40.1 Å². The first-order valence-electron chi connectivity index (χ1n) is 7.74. The lowest BCUT2D eigenvalue weighted by atomic mass is 10.2. The van der Waals surface area contributed by atoms with Crippen molar-refractivity contribution in [3.8, 4) is 0 Å². The van der Waals surface area contributed by atoms with Crippen LogP contribution in [-0.4, -0.2) is 34.7 Å². The molecule has 0 fully saturated rings. The number of benzene rings is 1. The number of amides is 2. The van der Waals surface area contributed by atoms with Gasteiger partial charge in [-0.1, -0.05) is 18.3 Å². The molecule has 1 aromatic carbocycles. The maximum atomic E-state index is 12.8. The van der Waals surface area contributed by atoms with Gasteiger partial charge in [0.15, 0.2) is 0 Å². The van der Waals surface area contributed by atoms with E-state index in [-0.39, 0.29) is 36.0 Å². The van der Waals surface area contributed by atoms with Gasteiger partial charge in [0.25, 0.3) is 5.91 Å². The molecule has 25 heavy (non-hydrogen) atoms. The summed E-state index contributed by atoms with van der Waals surface area (Å²) >= 11 is 1.07. The fraction of sp³-hybridized carbons (Fsp3) is 0.375. The van der Waals surface area contributed by atoms with Gasteiger partial charge in [-0.3, -0.25) is 9.59 Å². The smallest absolute Gasteiger partial charge is 0.286 e. The Balaban J connectivity index is 1.80. The molecule has 1 aromatic heterocycles. The van der Waals surface area contributed by atoms with Crippen LogP contribution in [0.4, 0.5) is 10.1 Å². The van der Waals surface area contributed by atoms with Gasteiger partial charge in [-0.25, -0.2) is 4.39 Å². The molecule has 0 bridgehead atoms. The second-order valence-electron chi connectivity index (χ2n) is 5.33. The highest BCUT2D eigenvalue weighted by molar-refractivity contribution is 7.13. The van der Waals surface area contributed by atoms with Crippen molar-refractivity contribution >= 4 is 28.8 Å². The summed E-state index contributed by atoms with van der Waals surface area (Å²) in [7, 11) is 0. The van der Waals surface area contributed by atoms with Gasteiger partial charge in [0.1, 0.15) is 24.0 Å². The van der Waals surface area contributed by atoms with Crippen molar-refractivity contribution in [2.45, 2.75) is 32.9 Å². The lowest BCUT2D eigenvalue weighted by Gasteiger charge is -2.10. The fourth-order valence-corrected chi connectivity index (χ4v) is 2.44. The number of anilines is 1. The Morgan fingerprint density at radius 1 is 1.28 bits per heavy atom. The number of hydrogen-bond donors (Lipinski definition) is 2. The van der Waals surface area contributed by atoms with Crippen molar-refractivity contribution in [2.75, 3.05) is 11.9 Å². The molecule has 0 aliphatic rings. The number of halogens is 1. The average molecular weight is 366 g/mol. The van der Waals surface area contributed by atoms with Gasteiger partial charge in [-0.05, 0) is 37.6 Å². The summed E-state index contributed by atoms with van der Waals surface area (Å²) in [6.07, 6.45) is 0.842. The van der Waals surface area contributed by atoms with Crippen LogP contribution in [0.15, 0.2) is 24.3 Å². The second kappa shape index (κ2) is 9.19. The molecule has 1 unspecified atom stereocenters. The van der Waals surface area contributed by atoms with Crippen molar-refractivity contribution < 1.29 is 18.7 Å². The number of hydrogen-bond acceptors (Lipinski definition) is 6. The van der Waals surface area contributed by atoms with Crippen LogP contribution in [0.25, 0.3) is 0 Å². The Hall–Kier alpha value is -2.39. The van der Waals surface area contributed by atoms with Crippen molar-refractivity contribution in [3.63, 3.8) is 0 Å². The summed E-state index contributed by atoms with van der Waals surface area (Å²) in [5, 5.41) is 13.7. The third kappa shape index (κ3) is 6.20. The molecule has 0 radical (unpaired) electrons. The number of nitrogens with zero attached hydrogens (tertiary/aromatic N) is 2. The third-order valence-corrected chi connectivity index (χ3v) is 4.14. The quantitative estimate of drug-likeness (QED) is 0.748. The Morgan fingerprint density at radius 2 is 2.00 bits per heavy atom. The van der Waals surface area contributed by atoms with E-state index < -0.39 is 5.91 Å². The zero-order chi connectivity index (χ0) is 18.2. The maximum absolute atomic E-state index is 12.8. The average Bonchev–Trinajstić information content (AvgIpc) is 3.06. The lowest BCUT2D eigenvalue weighted by molar-refractivity contribution is -0.126. The fourth-order valence-electron chi connectivity index (χ4n) is 1.77. The third-order valence-electron chi connectivity index (χ3n) is 3.24. The Labute approximate surface area is 148 Å². The van der Waals surface area contributed by atoms with E-state index in [0.717, 1.165) is 17.8 Å². The Kier molecular flexibility index (Phi) is 6.96. The predicted octanol–water partition coefficient (Wildman–Crippen LogP) is 2.36. The molecule has 134 valence electrons. The van der Waals surface area contributed by atoms with E-state index in [0.29, 0.717) is 10.7 Å². The SMILES string of the molecule is CCC(C)NC(=O)COCc1nnc(C(=O)Nc2ccc(F)cc2)s1. The van der Waals surface area contributed by atoms with Crippen molar-refractivity contribution in [2.24, 2.45) is 0 Å². The number of carbonyl (C=O) groups excluding carboxylic acids is 2. The van der Waals surface area contributed by atoms with E-state index in [2.05, 4.69) is 20.8 Å². The van der Waals surface area contributed by atoms with Gasteiger partial charge < -0.3 is 15.4 Å². The molecule has 7 nitrogen and oxygen atoms in total. The standard InChI is InChI=1S/C16H19FN4O3S/c1-3-10(2)18-13(22)8-24-9-14-20-21-16(25-14)15(23)19-12-6-4-11(17)5-7-12/h4-7,10H,3,8-9H2,1-2H3,(H,18,22)(H,19,23). The topological polar surface area (TPSA) is 93.2 Å². The zero-order valence-electron chi connectivity index (χ0n) is 13.9. The molecule has 0 saturated carbocycles. The number of ether oxygens (including phenoxy) is 1. The van der Waals surface area contributed by atoms with E-state index in [4.69, 9.17) is 4.74 Å². The molecular weight excluding hydrogens is 347 g/mol. The zero-order valence-corrected chi connectivity index (χ0v) is 14.7. The molecule has 0 aliphatic carbocycles. The first-order chi connectivity index (χ1) is 12.0. The number of aromatic nitrogens is 2. The van der Waals surface area contributed by atoms with E-state index >= 15 is 0 Å². The van der Waals surface area contributed by atoms with E-state index in [1.807, 2.05) is 13.8 Å². The minimum absolute atomic E-state index is 0.0823. The van der Waals surface area contributed by atoms with Gasteiger partial charge in [0.05, 0.1) is 0 Å². The Morgan fingerprint density at radius 3 is 2.68 bits per heavy atom. The lowest BCUT2D eigenvalue weighted by Crippen LogP contribution is -2.34. The molecule has 0 saturated heterocycles. The largest absolute Gasteiger partial charge is 0.364 e. The summed E-state index contributed by atoms with van der Waals surface area (Å²) in [6.45, 7) is 3.90. The van der Waals surface area contributed by atoms with Gasteiger partial charge >= 0.3 is 0 Å². The molecule has 0 aliphatic heterocycles. The summed E-state index contributed by atoms with van der Waals surface area (Å²) in [4.78, 5) is 23.6. The predicted molar refractivity (Wildman–Crippen MR) is 91.8 cm³/mol. The molecule has 0 spiro atoms. The molecule has 2 rings (SSSR count). The molecular formula is C16H19FN4O3S. The summed E-state index contributed by atoms with van der Waals surface area (Å²) in [5.74, 6) is -1.02. The van der Waals surface area contributed by atoms with Gasteiger partial charge in [-0.15, -0.1) is 10.2 Å². The highest BCUT2D eigenvalue weighted by Gasteiger charge is 2.14. The van der Waals surface area contributed by atoms with E-state index in [1.54, 1.807) is 0 Å². The number of carbonyl (C=O) groups is 2. The second-order valence-corrected chi connectivity index (χ2v) is 6.39. The highest BCUT2D eigenvalue weighted by atomic mass is 32.1. The minimum atomic E-state index is -0.440. The van der Waals surface area contributed by atoms with Crippen LogP contribution in [0.5, 0.6) is 0 Å². The van der Waals surface area contributed by atoms with Crippen molar-refractivity contribution in [1.29, 1.82) is 0 Å². The van der Waals surface area contributed by atoms with Crippen LogP contribution < -0.4 is 10.6 Å². The molecule has 9 heteroatoms. The number of rotatable bonds is 8. The van der Waals surface area contributed by atoms with Crippen LogP contribution in [0, 0.1) is 5.82 Å². The van der Waals surface area contributed by atoms with Crippen LogP contribution in [0.2, 0.25) is 0 Å². The first-order valence-corrected chi connectivity index (χ1v) is 8.56. The molecule has 1 atom stereocenters. The van der Waals surface area contributed by atoms with Crippen LogP contribution in [0.3, 0.4) is 0 Å². The maximum Gasteiger partial charge on any atom is 0.286 e. The van der Waals surface area contributed by atoms with Crippen LogP contribution in [0.1, 0.15) is 35.1 Å². The van der Waals surface area contributed by atoms with E-state index in [1.165, 1.54) is 24.3 Å². The van der Waals surface area contributed by atoms with Gasteiger partial charge in [0.2, 0.25) is 10.9 Å². The highest BCUT2D eigenvalue weighted by Crippen LogP contribution is 2.14. The monoisotopic (exact) mass is 366 g/mol. The van der Waals surface area contributed by atoms with Crippen LogP contribution >= 0.6 is 11.3 Å². The van der Waals surface area contributed by atoms with E-state index in [9.17, 15) is 14.0 Å². The van der Waals surface area contributed by atoms with Crippen LogP contribution in [-0.2, 0) is 16.1 Å². The first kappa shape index (κ1) is 18.9. The molecule has 1 heterocycles. The summed E-state index contributed by atoms with van der Waals surface area (Å²) in [5.41, 5.74) is 0.459. The molecule has 2 aromatic rings. The minimum Gasteiger partial charge on any atom is -0.364 e. The van der Waals surface area contributed by atoms with Crippen molar-refractivity contribution in [1.82, 2.24) is 15.5 Å². The van der Waals surface area contributed by atoms with Gasteiger partial charge in [-0.2, -0.15) is 0 Å². The molecule has 2 amide bonds. The van der Waals surface area contributed by atoms with Gasteiger partial charge in [0, 0.05) is 11.7 Å². The summed E-state index contributed by atoms with van der Waals surface area (Å²) in [6, 6.07) is 5.50. The number of nitrogens with one attached hydrogen (secondary N) is 2. The summed E-state index contributed by atoms with van der Waals surface area (Å²) < 4.78 is 18.1.